The molecule has 1 atom stereocenters. The van der Waals surface area contributed by atoms with E-state index in [9.17, 15) is 0 Å². The fourth-order valence-corrected chi connectivity index (χ4v) is 4.39. The van der Waals surface area contributed by atoms with Crippen LogP contribution in [0.25, 0.3) is 0 Å². The molecule has 0 unspecified atom stereocenters. The standard InChI is InChI=1S/C23H32N2OS/c1-3-20-9-10-23(19(2)17-20)24-21(11-12-25-13-15-26-16-14-25)18-27-22-7-5-4-6-8-22/h4-10,17,21,24H,3,11-16,18H2,1-2H3/t21-/m1/s1. The van der Waals surface area contributed by atoms with Crippen molar-refractivity contribution in [3.8, 4) is 0 Å². The molecule has 0 aromatic heterocycles. The lowest BCUT2D eigenvalue weighted by Gasteiger charge is -2.29. The number of benzene rings is 2. The van der Waals surface area contributed by atoms with Gasteiger partial charge in [-0.15, -0.1) is 11.8 Å². The minimum atomic E-state index is 0.448. The van der Waals surface area contributed by atoms with Crippen LogP contribution in [0.15, 0.2) is 53.4 Å². The molecule has 3 rings (SSSR count). The largest absolute Gasteiger partial charge is 0.381 e. The van der Waals surface area contributed by atoms with Crippen LogP contribution in [0.2, 0.25) is 0 Å². The van der Waals surface area contributed by atoms with Gasteiger partial charge in [0.25, 0.3) is 0 Å². The Balaban J connectivity index is 1.62. The fourth-order valence-electron chi connectivity index (χ4n) is 3.40. The van der Waals surface area contributed by atoms with Crippen molar-refractivity contribution in [3.05, 3.63) is 59.7 Å². The Kier molecular flexibility index (Phi) is 8.06. The van der Waals surface area contributed by atoms with E-state index in [0.717, 1.165) is 51.4 Å². The average molecular weight is 385 g/mol. The molecule has 1 heterocycles. The van der Waals surface area contributed by atoms with Crippen LogP contribution in [0.3, 0.4) is 0 Å². The molecule has 2 aromatic rings. The summed E-state index contributed by atoms with van der Waals surface area (Å²) >= 11 is 1.94. The lowest BCUT2D eigenvalue weighted by molar-refractivity contribution is 0.0370. The molecule has 0 saturated carbocycles. The molecule has 2 aromatic carbocycles. The molecular weight excluding hydrogens is 352 g/mol. The summed E-state index contributed by atoms with van der Waals surface area (Å²) in [5.74, 6) is 1.07. The van der Waals surface area contributed by atoms with Crippen molar-refractivity contribution in [2.75, 3.05) is 43.9 Å². The van der Waals surface area contributed by atoms with Gasteiger partial charge >= 0.3 is 0 Å². The van der Waals surface area contributed by atoms with E-state index in [1.54, 1.807) is 0 Å². The number of morpholine rings is 1. The van der Waals surface area contributed by atoms with Crippen molar-refractivity contribution in [2.45, 2.75) is 37.6 Å². The predicted molar refractivity (Wildman–Crippen MR) is 117 cm³/mol. The van der Waals surface area contributed by atoms with E-state index in [4.69, 9.17) is 4.74 Å². The number of thioether (sulfide) groups is 1. The first-order valence-corrected chi connectivity index (χ1v) is 11.1. The SMILES string of the molecule is CCc1ccc(N[C@H](CCN2CCOCC2)CSc2ccccc2)c(C)c1. The van der Waals surface area contributed by atoms with Crippen molar-refractivity contribution in [1.29, 1.82) is 0 Å². The lowest BCUT2D eigenvalue weighted by Crippen LogP contribution is -2.39. The van der Waals surface area contributed by atoms with Crippen molar-refractivity contribution in [2.24, 2.45) is 0 Å². The molecule has 1 N–H and O–H groups in total. The highest BCUT2D eigenvalue weighted by molar-refractivity contribution is 7.99. The van der Waals surface area contributed by atoms with Gasteiger partial charge in [0.1, 0.15) is 0 Å². The summed E-state index contributed by atoms with van der Waals surface area (Å²) in [5.41, 5.74) is 4.02. The molecule has 0 radical (unpaired) electrons. The maximum Gasteiger partial charge on any atom is 0.0594 e. The lowest BCUT2D eigenvalue weighted by atomic mass is 10.1. The second-order valence-corrected chi connectivity index (χ2v) is 8.30. The number of aryl methyl sites for hydroxylation is 2. The van der Waals surface area contributed by atoms with Gasteiger partial charge in [-0.05, 0) is 49.1 Å². The normalized spacial score (nSPS) is 16.2. The number of rotatable bonds is 9. The van der Waals surface area contributed by atoms with Crippen LogP contribution in [-0.2, 0) is 11.2 Å². The minimum Gasteiger partial charge on any atom is -0.381 e. The highest BCUT2D eigenvalue weighted by atomic mass is 32.2. The zero-order valence-corrected chi connectivity index (χ0v) is 17.4. The molecule has 4 heteroatoms. The van der Waals surface area contributed by atoms with Gasteiger partial charge in [-0.25, -0.2) is 0 Å². The Morgan fingerprint density at radius 3 is 2.59 bits per heavy atom. The smallest absolute Gasteiger partial charge is 0.0594 e. The van der Waals surface area contributed by atoms with Gasteiger partial charge in [0, 0.05) is 42.0 Å². The second kappa shape index (κ2) is 10.7. The third-order valence-corrected chi connectivity index (χ3v) is 6.33. The van der Waals surface area contributed by atoms with E-state index in [-0.39, 0.29) is 0 Å². The van der Waals surface area contributed by atoms with E-state index in [1.807, 2.05) is 11.8 Å². The molecule has 1 saturated heterocycles. The first-order valence-electron chi connectivity index (χ1n) is 10.1. The summed E-state index contributed by atoms with van der Waals surface area (Å²) in [5, 5.41) is 3.83. The predicted octanol–water partition coefficient (Wildman–Crippen LogP) is 4.85. The van der Waals surface area contributed by atoms with Gasteiger partial charge in [-0.3, -0.25) is 4.90 Å². The molecule has 27 heavy (non-hydrogen) atoms. The Labute approximate surface area is 168 Å². The monoisotopic (exact) mass is 384 g/mol. The third-order valence-electron chi connectivity index (χ3n) is 5.15. The average Bonchev–Trinajstić information content (AvgIpc) is 2.72. The van der Waals surface area contributed by atoms with Crippen LogP contribution < -0.4 is 5.32 Å². The Morgan fingerprint density at radius 2 is 1.89 bits per heavy atom. The molecule has 1 fully saturated rings. The minimum absolute atomic E-state index is 0.448. The van der Waals surface area contributed by atoms with E-state index in [1.165, 1.54) is 21.7 Å². The van der Waals surface area contributed by atoms with Crippen LogP contribution in [-0.4, -0.2) is 49.5 Å². The van der Waals surface area contributed by atoms with Gasteiger partial charge in [-0.2, -0.15) is 0 Å². The van der Waals surface area contributed by atoms with Crippen molar-refractivity contribution in [1.82, 2.24) is 4.90 Å². The van der Waals surface area contributed by atoms with Crippen LogP contribution >= 0.6 is 11.8 Å². The molecule has 146 valence electrons. The van der Waals surface area contributed by atoms with E-state index in [2.05, 4.69) is 72.6 Å². The first-order chi connectivity index (χ1) is 13.2. The zero-order valence-electron chi connectivity index (χ0n) is 16.6. The quantitative estimate of drug-likeness (QED) is 0.625. The number of hydrogen-bond donors (Lipinski definition) is 1. The second-order valence-electron chi connectivity index (χ2n) is 7.21. The summed E-state index contributed by atoms with van der Waals surface area (Å²) in [6.07, 6.45) is 2.24. The van der Waals surface area contributed by atoms with Gasteiger partial charge in [0.15, 0.2) is 0 Å². The van der Waals surface area contributed by atoms with Gasteiger partial charge < -0.3 is 10.1 Å². The van der Waals surface area contributed by atoms with Gasteiger partial charge in [-0.1, -0.05) is 37.3 Å². The number of ether oxygens (including phenoxy) is 1. The van der Waals surface area contributed by atoms with Crippen molar-refractivity contribution < 1.29 is 4.74 Å². The van der Waals surface area contributed by atoms with Crippen LogP contribution in [0.5, 0.6) is 0 Å². The number of nitrogens with zero attached hydrogens (tertiary/aromatic N) is 1. The van der Waals surface area contributed by atoms with Crippen LogP contribution in [0.4, 0.5) is 5.69 Å². The summed E-state index contributed by atoms with van der Waals surface area (Å²) in [7, 11) is 0. The van der Waals surface area contributed by atoms with Crippen LogP contribution in [0.1, 0.15) is 24.5 Å². The van der Waals surface area contributed by atoms with E-state index < -0.39 is 0 Å². The Bertz CT molecular complexity index is 686. The highest BCUT2D eigenvalue weighted by Crippen LogP contribution is 2.23. The molecular formula is C23H32N2OS. The number of nitrogens with one attached hydrogen (secondary N) is 1. The van der Waals surface area contributed by atoms with Gasteiger partial charge in [0.2, 0.25) is 0 Å². The topological polar surface area (TPSA) is 24.5 Å². The maximum atomic E-state index is 5.48. The fraction of sp³-hybridized carbons (Fsp3) is 0.478. The summed E-state index contributed by atoms with van der Waals surface area (Å²) in [4.78, 5) is 3.87. The summed E-state index contributed by atoms with van der Waals surface area (Å²) < 4.78 is 5.48. The highest BCUT2D eigenvalue weighted by Gasteiger charge is 2.15. The molecule has 0 bridgehead atoms. The Hall–Kier alpha value is -1.49. The van der Waals surface area contributed by atoms with E-state index in [0.29, 0.717) is 6.04 Å². The summed E-state index contributed by atoms with van der Waals surface area (Å²) in [6.45, 7) is 9.41. The molecule has 1 aliphatic rings. The van der Waals surface area contributed by atoms with Crippen molar-refractivity contribution in [3.63, 3.8) is 0 Å². The maximum absolute atomic E-state index is 5.48. The molecule has 3 nitrogen and oxygen atoms in total. The molecule has 1 aliphatic heterocycles. The first kappa shape index (κ1) is 20.2. The van der Waals surface area contributed by atoms with Gasteiger partial charge in [0.05, 0.1) is 13.2 Å². The van der Waals surface area contributed by atoms with Crippen molar-refractivity contribution >= 4 is 17.4 Å². The number of anilines is 1. The third kappa shape index (κ3) is 6.56. The van der Waals surface area contributed by atoms with Crippen LogP contribution in [0, 0.1) is 6.92 Å². The molecule has 0 aliphatic carbocycles. The molecule has 0 spiro atoms. The number of hydrogen-bond acceptors (Lipinski definition) is 4. The Morgan fingerprint density at radius 1 is 1.11 bits per heavy atom. The summed E-state index contributed by atoms with van der Waals surface area (Å²) in [6, 6.07) is 18.0. The van der Waals surface area contributed by atoms with E-state index >= 15 is 0 Å². The zero-order chi connectivity index (χ0) is 18.9. The molecule has 0 amide bonds.